The van der Waals surface area contributed by atoms with Gasteiger partial charge in [0.1, 0.15) is 11.7 Å². The van der Waals surface area contributed by atoms with Crippen molar-refractivity contribution in [3.05, 3.63) is 59.1 Å². The largest absolute Gasteiger partial charge is 0.469 e. The molecule has 0 aliphatic carbocycles. The van der Waals surface area contributed by atoms with Gasteiger partial charge in [0.25, 0.3) is 5.91 Å². The molecule has 1 aliphatic heterocycles. The molecule has 1 fully saturated rings. The molecular formula is C21H23ClN4O5. The molecule has 0 aromatic carbocycles. The maximum absolute atomic E-state index is 13.0. The van der Waals surface area contributed by atoms with Crippen molar-refractivity contribution in [2.24, 2.45) is 0 Å². The third-order valence-corrected chi connectivity index (χ3v) is 5.04. The SMILES string of the molecule is COC(=O)CCN1CC(OCc2ccncc2)CN(C(=O)c2ccnc(Cl)c2)CC1=O. The number of nitrogens with zero attached hydrogens (tertiary/aromatic N) is 4. The van der Waals surface area contributed by atoms with Gasteiger partial charge in [-0.1, -0.05) is 11.6 Å². The van der Waals surface area contributed by atoms with Crippen molar-refractivity contribution in [3.63, 3.8) is 0 Å². The summed E-state index contributed by atoms with van der Waals surface area (Å²) in [5.41, 5.74) is 1.26. The highest BCUT2D eigenvalue weighted by atomic mass is 35.5. The van der Waals surface area contributed by atoms with E-state index in [1.807, 2.05) is 12.1 Å². The molecule has 2 amide bonds. The highest BCUT2D eigenvalue weighted by Crippen LogP contribution is 2.16. The molecule has 31 heavy (non-hydrogen) atoms. The predicted molar refractivity (Wildman–Crippen MR) is 111 cm³/mol. The monoisotopic (exact) mass is 446 g/mol. The molecule has 1 saturated heterocycles. The second-order valence-electron chi connectivity index (χ2n) is 7.01. The van der Waals surface area contributed by atoms with Crippen LogP contribution in [0.25, 0.3) is 0 Å². The van der Waals surface area contributed by atoms with Gasteiger partial charge in [0.15, 0.2) is 0 Å². The molecule has 3 heterocycles. The van der Waals surface area contributed by atoms with Crippen LogP contribution in [0.1, 0.15) is 22.3 Å². The number of carbonyl (C=O) groups is 3. The maximum Gasteiger partial charge on any atom is 0.307 e. The molecule has 0 spiro atoms. The minimum atomic E-state index is -0.446. The molecule has 0 N–H and O–H groups in total. The molecule has 1 unspecified atom stereocenters. The van der Waals surface area contributed by atoms with Crippen LogP contribution in [-0.2, 0) is 25.7 Å². The number of carbonyl (C=O) groups excluding carboxylic acids is 3. The molecule has 1 atom stereocenters. The molecule has 1 aliphatic rings. The van der Waals surface area contributed by atoms with Crippen molar-refractivity contribution in [2.45, 2.75) is 19.1 Å². The van der Waals surface area contributed by atoms with E-state index in [1.54, 1.807) is 18.5 Å². The smallest absolute Gasteiger partial charge is 0.307 e. The first kappa shape index (κ1) is 22.6. The van der Waals surface area contributed by atoms with Crippen LogP contribution < -0.4 is 0 Å². The van der Waals surface area contributed by atoms with Crippen LogP contribution in [0, 0.1) is 0 Å². The van der Waals surface area contributed by atoms with Gasteiger partial charge in [0.2, 0.25) is 5.91 Å². The van der Waals surface area contributed by atoms with Crippen molar-refractivity contribution in [1.82, 2.24) is 19.8 Å². The zero-order valence-electron chi connectivity index (χ0n) is 17.1. The normalized spacial score (nSPS) is 16.7. The lowest BCUT2D eigenvalue weighted by molar-refractivity contribution is -0.142. The topological polar surface area (TPSA) is 102 Å². The number of aromatic nitrogens is 2. The van der Waals surface area contributed by atoms with E-state index in [1.165, 1.54) is 29.2 Å². The number of rotatable bonds is 7. The van der Waals surface area contributed by atoms with E-state index in [9.17, 15) is 14.4 Å². The van der Waals surface area contributed by atoms with Gasteiger partial charge < -0.3 is 19.3 Å². The molecule has 2 aromatic rings. The van der Waals surface area contributed by atoms with Gasteiger partial charge >= 0.3 is 5.97 Å². The maximum atomic E-state index is 13.0. The lowest BCUT2D eigenvalue weighted by atomic mass is 10.2. The molecule has 10 heteroatoms. The number of methoxy groups -OCH3 is 1. The average molecular weight is 447 g/mol. The number of ether oxygens (including phenoxy) is 2. The van der Waals surface area contributed by atoms with Gasteiger partial charge in [-0.25, -0.2) is 4.98 Å². The standard InChI is InChI=1S/C21H23ClN4O5/c1-30-20(28)5-9-25-11-17(31-14-15-2-6-23-7-3-15)12-26(13-19(25)27)21(29)16-4-8-24-18(22)10-16/h2-4,6-8,10,17H,5,9,11-14H2,1H3. The number of halogens is 1. The Hall–Kier alpha value is -3.04. The fourth-order valence-corrected chi connectivity index (χ4v) is 3.37. The Bertz CT molecular complexity index is 927. The summed E-state index contributed by atoms with van der Waals surface area (Å²) in [6, 6.07) is 6.67. The minimum Gasteiger partial charge on any atom is -0.469 e. The van der Waals surface area contributed by atoms with Crippen LogP contribution >= 0.6 is 11.6 Å². The Labute approximate surface area is 184 Å². The molecule has 3 rings (SSSR count). The second kappa shape index (κ2) is 10.8. The zero-order chi connectivity index (χ0) is 22.2. The van der Waals surface area contributed by atoms with Gasteiger partial charge in [-0.2, -0.15) is 0 Å². The first-order valence-corrected chi connectivity index (χ1v) is 10.1. The van der Waals surface area contributed by atoms with Crippen LogP contribution in [0.5, 0.6) is 0 Å². The number of hydrogen-bond acceptors (Lipinski definition) is 7. The van der Waals surface area contributed by atoms with E-state index in [-0.39, 0.29) is 49.6 Å². The van der Waals surface area contributed by atoms with E-state index in [2.05, 4.69) is 14.7 Å². The van der Waals surface area contributed by atoms with Gasteiger partial charge in [-0.15, -0.1) is 0 Å². The summed E-state index contributed by atoms with van der Waals surface area (Å²) in [6.45, 7) is 0.820. The molecule has 0 bridgehead atoms. The molecule has 9 nitrogen and oxygen atoms in total. The number of esters is 1. The van der Waals surface area contributed by atoms with E-state index in [0.717, 1.165) is 5.56 Å². The Morgan fingerprint density at radius 2 is 1.97 bits per heavy atom. The van der Waals surface area contributed by atoms with Crippen LogP contribution in [0.2, 0.25) is 5.15 Å². The molecule has 0 saturated carbocycles. The lowest BCUT2D eigenvalue weighted by Crippen LogP contribution is -2.40. The third-order valence-electron chi connectivity index (χ3n) is 4.84. The van der Waals surface area contributed by atoms with Crippen molar-refractivity contribution in [2.75, 3.05) is 33.3 Å². The molecule has 0 radical (unpaired) electrons. The molecular weight excluding hydrogens is 424 g/mol. The highest BCUT2D eigenvalue weighted by Gasteiger charge is 2.31. The summed E-state index contributed by atoms with van der Waals surface area (Å²) in [4.78, 5) is 48.2. The summed E-state index contributed by atoms with van der Waals surface area (Å²) in [5.74, 6) is -1.02. The summed E-state index contributed by atoms with van der Waals surface area (Å²) < 4.78 is 10.7. The van der Waals surface area contributed by atoms with E-state index in [4.69, 9.17) is 16.3 Å². The van der Waals surface area contributed by atoms with Crippen LogP contribution in [0.3, 0.4) is 0 Å². The average Bonchev–Trinajstić information content (AvgIpc) is 2.94. The molecule has 164 valence electrons. The van der Waals surface area contributed by atoms with Gasteiger partial charge in [-0.05, 0) is 29.8 Å². The van der Waals surface area contributed by atoms with E-state index < -0.39 is 12.1 Å². The highest BCUT2D eigenvalue weighted by molar-refractivity contribution is 6.29. The summed E-state index contributed by atoms with van der Waals surface area (Å²) >= 11 is 5.91. The van der Waals surface area contributed by atoms with Gasteiger partial charge in [-0.3, -0.25) is 19.4 Å². The second-order valence-corrected chi connectivity index (χ2v) is 7.39. The summed E-state index contributed by atoms with van der Waals surface area (Å²) in [7, 11) is 1.30. The zero-order valence-corrected chi connectivity index (χ0v) is 17.8. The van der Waals surface area contributed by atoms with Crippen LogP contribution in [0.4, 0.5) is 0 Å². The summed E-state index contributed by atoms with van der Waals surface area (Å²) in [6.07, 6.45) is 4.39. The van der Waals surface area contributed by atoms with E-state index >= 15 is 0 Å². The van der Waals surface area contributed by atoms with Crippen LogP contribution in [-0.4, -0.2) is 76.9 Å². The first-order valence-electron chi connectivity index (χ1n) is 9.72. The Morgan fingerprint density at radius 1 is 1.19 bits per heavy atom. The number of amides is 2. The predicted octanol–water partition coefficient (Wildman–Crippen LogP) is 1.56. The van der Waals surface area contributed by atoms with Crippen LogP contribution in [0.15, 0.2) is 42.9 Å². The lowest BCUT2D eigenvalue weighted by Gasteiger charge is -2.24. The molecule has 2 aromatic heterocycles. The fourth-order valence-electron chi connectivity index (χ4n) is 3.19. The van der Waals surface area contributed by atoms with Gasteiger partial charge in [0.05, 0.1) is 26.2 Å². The first-order chi connectivity index (χ1) is 15.0. The number of pyridine rings is 2. The fraction of sp³-hybridized carbons (Fsp3) is 0.381. The van der Waals surface area contributed by atoms with Crippen molar-refractivity contribution < 1.29 is 23.9 Å². The van der Waals surface area contributed by atoms with Gasteiger partial charge in [0, 0.05) is 43.8 Å². The Balaban J connectivity index is 1.76. The third kappa shape index (κ3) is 6.47. The minimum absolute atomic E-state index is 0.0627. The quantitative estimate of drug-likeness (QED) is 0.469. The van der Waals surface area contributed by atoms with Crippen molar-refractivity contribution in [3.8, 4) is 0 Å². The summed E-state index contributed by atoms with van der Waals surface area (Å²) in [5, 5.41) is 0.192. The number of hydrogen-bond donors (Lipinski definition) is 0. The van der Waals surface area contributed by atoms with Crippen molar-refractivity contribution in [1.29, 1.82) is 0 Å². The van der Waals surface area contributed by atoms with Crippen molar-refractivity contribution >= 4 is 29.4 Å². The Morgan fingerprint density at radius 3 is 2.68 bits per heavy atom. The Kier molecular flexibility index (Phi) is 7.91. The van der Waals surface area contributed by atoms with E-state index in [0.29, 0.717) is 12.2 Å².